The van der Waals surface area contributed by atoms with Crippen LogP contribution in [-0.4, -0.2) is 23.2 Å². The van der Waals surface area contributed by atoms with Crippen LogP contribution in [0.1, 0.15) is 44.9 Å². The second kappa shape index (κ2) is 3.89. The third-order valence-electron chi connectivity index (χ3n) is 3.54. The average molecular weight is 197 g/mol. The molecule has 0 aliphatic heterocycles. The number of carbonyl (C=O) groups is 1. The quantitative estimate of drug-likeness (QED) is 0.722. The lowest BCUT2D eigenvalue weighted by molar-refractivity contribution is -0.146. The van der Waals surface area contributed by atoms with Gasteiger partial charge in [-0.1, -0.05) is 19.3 Å². The molecular weight excluding hydrogens is 178 g/mol. The van der Waals surface area contributed by atoms with Gasteiger partial charge in [0.05, 0.1) is 0 Å². The van der Waals surface area contributed by atoms with Crippen molar-refractivity contribution in [2.45, 2.75) is 50.5 Å². The number of nitrogens with one attached hydrogen (secondary N) is 1. The molecule has 0 aromatic heterocycles. The van der Waals surface area contributed by atoms with Crippen molar-refractivity contribution in [3.05, 3.63) is 0 Å². The summed E-state index contributed by atoms with van der Waals surface area (Å²) in [5, 5.41) is 12.6. The van der Waals surface area contributed by atoms with E-state index in [1.54, 1.807) is 0 Å². The predicted octanol–water partition coefficient (Wildman–Crippen LogP) is 1.77. The lowest BCUT2D eigenvalue weighted by Crippen LogP contribution is -2.53. The predicted molar refractivity (Wildman–Crippen MR) is 54.2 cm³/mol. The fraction of sp³-hybridized carbons (Fsp3) is 0.909. The van der Waals surface area contributed by atoms with Crippen LogP contribution < -0.4 is 5.32 Å². The summed E-state index contributed by atoms with van der Waals surface area (Å²) >= 11 is 0. The Morgan fingerprint density at radius 3 is 2.43 bits per heavy atom. The lowest BCUT2D eigenvalue weighted by Gasteiger charge is -2.34. The summed E-state index contributed by atoms with van der Waals surface area (Å²) in [5.41, 5.74) is -0.582. The zero-order valence-corrected chi connectivity index (χ0v) is 8.59. The number of hydrogen-bond acceptors (Lipinski definition) is 2. The van der Waals surface area contributed by atoms with E-state index < -0.39 is 11.5 Å². The Hall–Kier alpha value is -0.570. The highest BCUT2D eigenvalue weighted by atomic mass is 16.4. The number of carboxylic acids is 1. The Balaban J connectivity index is 1.92. The molecule has 2 rings (SSSR count). The Bertz CT molecular complexity index is 217. The van der Waals surface area contributed by atoms with E-state index in [-0.39, 0.29) is 0 Å². The Morgan fingerprint density at radius 2 is 1.93 bits per heavy atom. The molecule has 0 radical (unpaired) electrons. The molecule has 3 nitrogen and oxygen atoms in total. The van der Waals surface area contributed by atoms with Gasteiger partial charge in [-0.25, -0.2) is 0 Å². The van der Waals surface area contributed by atoms with Crippen molar-refractivity contribution >= 4 is 5.97 Å². The van der Waals surface area contributed by atoms with Gasteiger partial charge < -0.3 is 10.4 Å². The van der Waals surface area contributed by atoms with E-state index in [1.807, 2.05) is 0 Å². The first kappa shape index (κ1) is 9.97. The van der Waals surface area contributed by atoms with Crippen LogP contribution in [0.4, 0.5) is 0 Å². The zero-order chi connectivity index (χ0) is 10.0. The van der Waals surface area contributed by atoms with Crippen molar-refractivity contribution in [2.75, 3.05) is 6.54 Å². The van der Waals surface area contributed by atoms with E-state index in [9.17, 15) is 9.90 Å². The van der Waals surface area contributed by atoms with E-state index in [1.165, 1.54) is 19.3 Å². The number of aliphatic carboxylic acids is 1. The van der Waals surface area contributed by atoms with Gasteiger partial charge in [-0.2, -0.15) is 0 Å². The van der Waals surface area contributed by atoms with Crippen molar-refractivity contribution in [1.82, 2.24) is 5.32 Å². The van der Waals surface area contributed by atoms with Crippen LogP contribution in [0.3, 0.4) is 0 Å². The molecule has 0 atom stereocenters. The highest BCUT2D eigenvalue weighted by molar-refractivity contribution is 5.78. The van der Waals surface area contributed by atoms with Gasteiger partial charge in [0, 0.05) is 0 Å². The molecule has 0 unspecified atom stereocenters. The van der Waals surface area contributed by atoms with Crippen LogP contribution >= 0.6 is 0 Å². The maximum absolute atomic E-state index is 11.2. The molecule has 0 aromatic carbocycles. The second-order valence-corrected chi connectivity index (χ2v) is 4.77. The van der Waals surface area contributed by atoms with Crippen LogP contribution in [0.15, 0.2) is 0 Å². The van der Waals surface area contributed by atoms with E-state index in [0.717, 1.165) is 38.1 Å². The maximum Gasteiger partial charge on any atom is 0.323 e. The monoisotopic (exact) mass is 197 g/mol. The maximum atomic E-state index is 11.2. The molecule has 2 aliphatic rings. The van der Waals surface area contributed by atoms with Crippen molar-refractivity contribution < 1.29 is 9.90 Å². The third kappa shape index (κ3) is 2.08. The third-order valence-corrected chi connectivity index (χ3v) is 3.54. The second-order valence-electron chi connectivity index (χ2n) is 4.77. The molecule has 3 heteroatoms. The standard InChI is InChI=1S/C11H19NO2/c13-10(14)11(6-2-1-3-7-11)12-8-9-4-5-9/h9,12H,1-8H2,(H,13,14). The molecule has 0 aromatic rings. The molecular formula is C11H19NO2. The van der Waals surface area contributed by atoms with E-state index in [4.69, 9.17) is 0 Å². The first-order valence-electron chi connectivity index (χ1n) is 5.71. The van der Waals surface area contributed by atoms with Gasteiger partial charge in [-0.15, -0.1) is 0 Å². The van der Waals surface area contributed by atoms with Gasteiger partial charge in [0.25, 0.3) is 0 Å². The smallest absolute Gasteiger partial charge is 0.323 e. The van der Waals surface area contributed by atoms with Gasteiger partial charge in [0.2, 0.25) is 0 Å². The minimum atomic E-state index is -0.641. The van der Waals surface area contributed by atoms with Gasteiger partial charge >= 0.3 is 5.97 Å². The molecule has 0 saturated heterocycles. The van der Waals surface area contributed by atoms with E-state index >= 15 is 0 Å². The summed E-state index contributed by atoms with van der Waals surface area (Å²) in [5.74, 6) is 0.117. The summed E-state index contributed by atoms with van der Waals surface area (Å²) in [4.78, 5) is 11.2. The first-order chi connectivity index (χ1) is 6.73. The molecule has 0 amide bonds. The normalized spacial score (nSPS) is 26.0. The molecule has 2 saturated carbocycles. The van der Waals surface area contributed by atoms with Gasteiger partial charge in [-0.3, -0.25) is 4.79 Å². The summed E-state index contributed by atoms with van der Waals surface area (Å²) in [6, 6.07) is 0. The van der Waals surface area contributed by atoms with Crippen LogP contribution in [0.25, 0.3) is 0 Å². The van der Waals surface area contributed by atoms with E-state index in [0.29, 0.717) is 0 Å². The van der Waals surface area contributed by atoms with Crippen molar-refractivity contribution in [1.29, 1.82) is 0 Å². The van der Waals surface area contributed by atoms with Gasteiger partial charge in [0.15, 0.2) is 0 Å². The summed E-state index contributed by atoms with van der Waals surface area (Å²) in [6.45, 7) is 0.909. The largest absolute Gasteiger partial charge is 0.480 e. The van der Waals surface area contributed by atoms with Crippen LogP contribution in [0.5, 0.6) is 0 Å². The van der Waals surface area contributed by atoms with Crippen molar-refractivity contribution in [2.24, 2.45) is 5.92 Å². The summed E-state index contributed by atoms with van der Waals surface area (Å²) in [6.07, 6.45) is 7.50. The summed E-state index contributed by atoms with van der Waals surface area (Å²) < 4.78 is 0. The van der Waals surface area contributed by atoms with Crippen LogP contribution in [0, 0.1) is 5.92 Å². The van der Waals surface area contributed by atoms with Crippen LogP contribution in [-0.2, 0) is 4.79 Å². The molecule has 14 heavy (non-hydrogen) atoms. The van der Waals surface area contributed by atoms with E-state index in [2.05, 4.69) is 5.32 Å². The zero-order valence-electron chi connectivity index (χ0n) is 8.59. The van der Waals surface area contributed by atoms with Gasteiger partial charge in [0.1, 0.15) is 5.54 Å². The van der Waals surface area contributed by atoms with Gasteiger partial charge in [-0.05, 0) is 38.1 Å². The fourth-order valence-electron chi connectivity index (χ4n) is 2.28. The Kier molecular flexibility index (Phi) is 2.77. The minimum Gasteiger partial charge on any atom is -0.480 e. The minimum absolute atomic E-state index is 0.582. The molecule has 0 bridgehead atoms. The number of carboxylic acid groups (broad SMARTS) is 1. The molecule has 0 heterocycles. The average Bonchev–Trinajstić information content (AvgIpc) is 2.99. The molecule has 0 spiro atoms. The highest BCUT2D eigenvalue weighted by Gasteiger charge is 2.40. The lowest BCUT2D eigenvalue weighted by atomic mass is 9.81. The molecule has 2 aliphatic carbocycles. The Labute approximate surface area is 84.9 Å². The highest BCUT2D eigenvalue weighted by Crippen LogP contribution is 2.32. The summed E-state index contributed by atoms with van der Waals surface area (Å²) in [7, 11) is 0. The Morgan fingerprint density at radius 1 is 1.29 bits per heavy atom. The molecule has 2 N–H and O–H groups in total. The van der Waals surface area contributed by atoms with Crippen LogP contribution in [0.2, 0.25) is 0 Å². The molecule has 80 valence electrons. The van der Waals surface area contributed by atoms with Crippen molar-refractivity contribution in [3.8, 4) is 0 Å². The first-order valence-corrected chi connectivity index (χ1v) is 5.71. The fourth-order valence-corrected chi connectivity index (χ4v) is 2.28. The molecule has 2 fully saturated rings. The van der Waals surface area contributed by atoms with Crippen molar-refractivity contribution in [3.63, 3.8) is 0 Å². The topological polar surface area (TPSA) is 49.3 Å². The SMILES string of the molecule is O=C(O)C1(NCC2CC2)CCCCC1. The number of hydrogen-bond donors (Lipinski definition) is 2. The number of rotatable bonds is 4.